The molecule has 0 fully saturated rings. The topological polar surface area (TPSA) is 0 Å². The second-order valence-corrected chi connectivity index (χ2v) is 2.76. The van der Waals surface area contributed by atoms with Crippen molar-refractivity contribution in [1.82, 2.24) is 0 Å². The van der Waals surface area contributed by atoms with Gasteiger partial charge in [0.1, 0.15) is 0 Å². The molecule has 0 nitrogen and oxygen atoms in total. The van der Waals surface area contributed by atoms with E-state index in [1.807, 2.05) is 0 Å². The third-order valence-electron chi connectivity index (χ3n) is 1.64. The van der Waals surface area contributed by atoms with Gasteiger partial charge in [0.2, 0.25) is 0 Å². The fraction of sp³-hybridized carbons (Fsp3) is 0.500. The molecule has 0 radical (unpaired) electrons. The van der Waals surface area contributed by atoms with Gasteiger partial charge in [-0.15, -0.1) is 0 Å². The van der Waals surface area contributed by atoms with Gasteiger partial charge in [-0.25, -0.2) is 0 Å². The van der Waals surface area contributed by atoms with E-state index in [1.54, 1.807) is 0 Å². The molecular weight excluding hydrogens is 144 g/mol. The molecule has 0 N–H and O–H groups in total. The zero-order chi connectivity index (χ0) is 9.07. The van der Waals surface area contributed by atoms with Crippen LogP contribution < -0.4 is 0 Å². The summed E-state index contributed by atoms with van der Waals surface area (Å²) in [5, 5.41) is 0. The summed E-state index contributed by atoms with van der Waals surface area (Å²) in [5.41, 5.74) is 0. The van der Waals surface area contributed by atoms with Crippen LogP contribution >= 0.6 is 0 Å². The van der Waals surface area contributed by atoms with Crippen LogP contribution in [0.15, 0.2) is 36.5 Å². The van der Waals surface area contributed by atoms with E-state index in [0.717, 1.165) is 0 Å². The first-order chi connectivity index (χ1) is 5.91. The minimum absolute atomic E-state index is 1.18. The Balaban J connectivity index is 3.14. The molecule has 0 aromatic rings. The quantitative estimate of drug-likeness (QED) is 0.406. The van der Waals surface area contributed by atoms with Crippen LogP contribution in [-0.2, 0) is 0 Å². The fourth-order valence-corrected chi connectivity index (χ4v) is 0.954. The summed E-state index contributed by atoms with van der Waals surface area (Å²) in [6.07, 6.45) is 17.9. The third-order valence-corrected chi connectivity index (χ3v) is 1.64. The molecule has 0 spiro atoms. The van der Waals surface area contributed by atoms with E-state index >= 15 is 0 Å². The highest BCUT2D eigenvalue weighted by Gasteiger charge is 1.76. The highest BCUT2D eigenvalue weighted by molar-refractivity contribution is 4.88. The van der Waals surface area contributed by atoms with Crippen LogP contribution in [0.5, 0.6) is 0 Å². The van der Waals surface area contributed by atoms with Crippen LogP contribution in [0.2, 0.25) is 0 Å². The summed E-state index contributed by atoms with van der Waals surface area (Å²) in [5.74, 6) is 0. The Morgan fingerprint density at radius 1 is 0.583 bits per heavy atom. The number of hydrogen-bond acceptors (Lipinski definition) is 0. The second kappa shape index (κ2) is 10.2. The molecule has 0 bridgehead atoms. The second-order valence-electron chi connectivity index (χ2n) is 2.76. The predicted molar refractivity (Wildman–Crippen MR) is 57.2 cm³/mol. The molecule has 0 aliphatic heterocycles. The van der Waals surface area contributed by atoms with E-state index in [4.69, 9.17) is 0 Å². The van der Waals surface area contributed by atoms with Crippen LogP contribution in [-0.4, -0.2) is 0 Å². The molecule has 0 aromatic heterocycles. The van der Waals surface area contributed by atoms with Crippen molar-refractivity contribution >= 4 is 0 Å². The SMILES string of the molecule is CC=CCCC=CCCC=CC. The molecule has 0 saturated carbocycles. The molecule has 68 valence electrons. The van der Waals surface area contributed by atoms with Crippen molar-refractivity contribution in [2.45, 2.75) is 39.5 Å². The standard InChI is InChI=1S/C12H20/c1-3-5-7-9-11-12-10-8-6-4-2/h3-6,11-12H,7-10H2,1-2H3. The van der Waals surface area contributed by atoms with Gasteiger partial charge in [0.25, 0.3) is 0 Å². The van der Waals surface area contributed by atoms with Gasteiger partial charge in [-0.1, -0.05) is 36.5 Å². The Morgan fingerprint density at radius 2 is 0.917 bits per heavy atom. The van der Waals surface area contributed by atoms with E-state index in [0.29, 0.717) is 0 Å². The Hall–Kier alpha value is -0.780. The van der Waals surface area contributed by atoms with Gasteiger partial charge in [-0.3, -0.25) is 0 Å². The normalized spacial score (nSPS) is 12.5. The van der Waals surface area contributed by atoms with Crippen molar-refractivity contribution in [3.63, 3.8) is 0 Å². The molecule has 0 heteroatoms. The average molecular weight is 164 g/mol. The van der Waals surface area contributed by atoms with Crippen LogP contribution in [0, 0.1) is 0 Å². The maximum absolute atomic E-state index is 2.27. The van der Waals surface area contributed by atoms with E-state index in [-0.39, 0.29) is 0 Å². The lowest BCUT2D eigenvalue weighted by Gasteiger charge is -1.87. The summed E-state index contributed by atoms with van der Waals surface area (Å²) in [6.45, 7) is 4.13. The van der Waals surface area contributed by atoms with Crippen molar-refractivity contribution in [2.24, 2.45) is 0 Å². The minimum Gasteiger partial charge on any atom is -0.0917 e. The summed E-state index contributed by atoms with van der Waals surface area (Å²) < 4.78 is 0. The Labute approximate surface area is 76.7 Å². The summed E-state index contributed by atoms with van der Waals surface area (Å²) in [4.78, 5) is 0. The van der Waals surface area contributed by atoms with E-state index in [1.165, 1.54) is 25.7 Å². The van der Waals surface area contributed by atoms with Crippen molar-refractivity contribution < 1.29 is 0 Å². The molecule has 0 aliphatic carbocycles. The van der Waals surface area contributed by atoms with Gasteiger partial charge in [0.15, 0.2) is 0 Å². The van der Waals surface area contributed by atoms with Gasteiger partial charge >= 0.3 is 0 Å². The maximum atomic E-state index is 2.27. The Kier molecular flexibility index (Phi) is 9.56. The Bertz CT molecular complexity index is 131. The maximum Gasteiger partial charge on any atom is -0.0316 e. The van der Waals surface area contributed by atoms with Crippen molar-refractivity contribution in [2.75, 3.05) is 0 Å². The molecule has 0 rings (SSSR count). The molecule has 12 heavy (non-hydrogen) atoms. The summed E-state index contributed by atoms with van der Waals surface area (Å²) in [6, 6.07) is 0. The lowest BCUT2D eigenvalue weighted by atomic mass is 10.2. The highest BCUT2D eigenvalue weighted by atomic mass is 13.8. The molecule has 0 unspecified atom stereocenters. The van der Waals surface area contributed by atoms with Gasteiger partial charge in [0, 0.05) is 0 Å². The van der Waals surface area contributed by atoms with E-state index in [9.17, 15) is 0 Å². The highest BCUT2D eigenvalue weighted by Crippen LogP contribution is 1.97. The zero-order valence-corrected chi connectivity index (χ0v) is 8.29. The zero-order valence-electron chi connectivity index (χ0n) is 8.29. The Morgan fingerprint density at radius 3 is 1.25 bits per heavy atom. The average Bonchev–Trinajstić information content (AvgIpc) is 2.10. The van der Waals surface area contributed by atoms with Crippen LogP contribution in [0.1, 0.15) is 39.5 Å². The molecule has 0 atom stereocenters. The van der Waals surface area contributed by atoms with Crippen molar-refractivity contribution in [1.29, 1.82) is 0 Å². The monoisotopic (exact) mass is 164 g/mol. The molecule has 0 aliphatic rings. The first-order valence-corrected chi connectivity index (χ1v) is 4.79. The van der Waals surface area contributed by atoms with Crippen molar-refractivity contribution in [3.8, 4) is 0 Å². The van der Waals surface area contributed by atoms with Gasteiger partial charge in [-0.05, 0) is 39.5 Å². The molecule has 0 aromatic carbocycles. The van der Waals surface area contributed by atoms with Crippen LogP contribution in [0.3, 0.4) is 0 Å². The van der Waals surface area contributed by atoms with Gasteiger partial charge in [0.05, 0.1) is 0 Å². The number of unbranched alkanes of at least 4 members (excludes halogenated alkanes) is 2. The molecule has 0 amide bonds. The lowest BCUT2D eigenvalue weighted by Crippen LogP contribution is -1.66. The lowest BCUT2D eigenvalue weighted by molar-refractivity contribution is 1.00. The number of allylic oxidation sites excluding steroid dienone is 6. The van der Waals surface area contributed by atoms with Gasteiger partial charge in [-0.2, -0.15) is 0 Å². The van der Waals surface area contributed by atoms with Crippen LogP contribution in [0.4, 0.5) is 0 Å². The van der Waals surface area contributed by atoms with E-state index in [2.05, 4.69) is 50.3 Å². The molecular formula is C12H20. The van der Waals surface area contributed by atoms with E-state index < -0.39 is 0 Å². The first kappa shape index (κ1) is 11.2. The largest absolute Gasteiger partial charge is 0.0917 e. The van der Waals surface area contributed by atoms with Crippen LogP contribution in [0.25, 0.3) is 0 Å². The summed E-state index contributed by atoms with van der Waals surface area (Å²) >= 11 is 0. The smallest absolute Gasteiger partial charge is 0.0316 e. The minimum atomic E-state index is 1.18. The third kappa shape index (κ3) is 9.22. The number of rotatable bonds is 6. The van der Waals surface area contributed by atoms with Crippen molar-refractivity contribution in [3.05, 3.63) is 36.5 Å². The predicted octanol–water partition coefficient (Wildman–Crippen LogP) is 4.26. The first-order valence-electron chi connectivity index (χ1n) is 4.79. The number of hydrogen-bond donors (Lipinski definition) is 0. The molecule has 0 heterocycles. The summed E-state index contributed by atoms with van der Waals surface area (Å²) in [7, 11) is 0. The molecule has 0 saturated heterocycles. The fourth-order valence-electron chi connectivity index (χ4n) is 0.954. The van der Waals surface area contributed by atoms with Gasteiger partial charge < -0.3 is 0 Å².